The van der Waals surface area contributed by atoms with Gasteiger partial charge in [0, 0.05) is 12.5 Å². The highest BCUT2D eigenvalue weighted by molar-refractivity contribution is 5.00. The molecular weight excluding hydrogens is 192 g/mol. The van der Waals surface area contributed by atoms with Gasteiger partial charge in [-0.2, -0.15) is 4.80 Å². The van der Waals surface area contributed by atoms with Crippen molar-refractivity contribution in [2.45, 2.75) is 38.1 Å². The fraction of sp³-hybridized carbons (Fsp3) is 0.900. The van der Waals surface area contributed by atoms with E-state index in [0.29, 0.717) is 12.5 Å². The van der Waals surface area contributed by atoms with Gasteiger partial charge in [0.1, 0.15) is 0 Å². The van der Waals surface area contributed by atoms with Crippen LogP contribution in [0.15, 0.2) is 0 Å². The minimum absolute atomic E-state index is 0.589. The lowest BCUT2D eigenvalue weighted by Crippen LogP contribution is -2.10. The van der Waals surface area contributed by atoms with Crippen LogP contribution in [0.2, 0.25) is 0 Å². The Morgan fingerprint density at radius 3 is 2.87 bits per heavy atom. The SMILES string of the molecule is C(Cn1nnc(C2CC2)n1)OCC1CC1. The van der Waals surface area contributed by atoms with E-state index in [1.807, 2.05) is 0 Å². The number of tetrazole rings is 1. The predicted molar refractivity (Wildman–Crippen MR) is 53.3 cm³/mol. The van der Waals surface area contributed by atoms with E-state index in [0.717, 1.165) is 24.9 Å². The van der Waals surface area contributed by atoms with Crippen molar-refractivity contribution in [3.63, 3.8) is 0 Å². The van der Waals surface area contributed by atoms with Crippen LogP contribution >= 0.6 is 0 Å². The molecular formula is C10H16N4O. The maximum absolute atomic E-state index is 5.52. The summed E-state index contributed by atoms with van der Waals surface area (Å²) in [5, 5.41) is 12.4. The van der Waals surface area contributed by atoms with Gasteiger partial charge in [-0.25, -0.2) is 0 Å². The van der Waals surface area contributed by atoms with E-state index in [-0.39, 0.29) is 0 Å². The van der Waals surface area contributed by atoms with Crippen molar-refractivity contribution in [3.05, 3.63) is 5.82 Å². The quantitative estimate of drug-likeness (QED) is 0.654. The Morgan fingerprint density at radius 2 is 2.13 bits per heavy atom. The van der Waals surface area contributed by atoms with Gasteiger partial charge < -0.3 is 4.74 Å². The van der Waals surface area contributed by atoms with Crippen LogP contribution in [0.4, 0.5) is 0 Å². The van der Waals surface area contributed by atoms with E-state index in [1.54, 1.807) is 4.80 Å². The number of ether oxygens (including phenoxy) is 1. The fourth-order valence-electron chi connectivity index (χ4n) is 1.54. The van der Waals surface area contributed by atoms with Gasteiger partial charge in [-0.3, -0.25) is 0 Å². The van der Waals surface area contributed by atoms with Crippen LogP contribution < -0.4 is 0 Å². The summed E-state index contributed by atoms with van der Waals surface area (Å²) >= 11 is 0. The molecule has 0 unspecified atom stereocenters. The van der Waals surface area contributed by atoms with E-state index in [2.05, 4.69) is 15.4 Å². The monoisotopic (exact) mass is 208 g/mol. The maximum atomic E-state index is 5.52. The standard InChI is InChI=1S/C10H16N4O/c1-2-8(1)7-15-6-5-14-12-10(11-13-14)9-3-4-9/h8-9H,1-7H2. The molecule has 0 saturated heterocycles. The summed E-state index contributed by atoms with van der Waals surface area (Å²) in [5.41, 5.74) is 0. The first-order valence-corrected chi connectivity index (χ1v) is 5.77. The van der Waals surface area contributed by atoms with Crippen molar-refractivity contribution >= 4 is 0 Å². The summed E-state index contributed by atoms with van der Waals surface area (Å²) in [7, 11) is 0. The highest BCUT2D eigenvalue weighted by Gasteiger charge is 2.28. The minimum Gasteiger partial charge on any atom is -0.379 e. The smallest absolute Gasteiger partial charge is 0.177 e. The molecule has 0 radical (unpaired) electrons. The van der Waals surface area contributed by atoms with Crippen molar-refractivity contribution in [2.75, 3.05) is 13.2 Å². The molecule has 2 aliphatic carbocycles. The zero-order chi connectivity index (χ0) is 10.1. The molecule has 1 aromatic heterocycles. The van der Waals surface area contributed by atoms with Crippen LogP contribution in [0.1, 0.15) is 37.4 Å². The van der Waals surface area contributed by atoms with E-state index in [9.17, 15) is 0 Å². The Balaban J connectivity index is 1.40. The van der Waals surface area contributed by atoms with Gasteiger partial charge in [0.25, 0.3) is 0 Å². The Bertz CT molecular complexity index is 330. The molecule has 0 aliphatic heterocycles. The minimum atomic E-state index is 0.589. The molecule has 15 heavy (non-hydrogen) atoms. The molecule has 82 valence electrons. The van der Waals surface area contributed by atoms with Crippen molar-refractivity contribution < 1.29 is 4.74 Å². The van der Waals surface area contributed by atoms with Crippen LogP contribution in [0.25, 0.3) is 0 Å². The molecule has 0 amide bonds. The van der Waals surface area contributed by atoms with Crippen molar-refractivity contribution in [2.24, 2.45) is 5.92 Å². The van der Waals surface area contributed by atoms with Crippen LogP contribution in [-0.2, 0) is 11.3 Å². The van der Waals surface area contributed by atoms with Gasteiger partial charge in [-0.15, -0.1) is 10.2 Å². The second kappa shape index (κ2) is 3.89. The van der Waals surface area contributed by atoms with Crippen molar-refractivity contribution in [1.29, 1.82) is 0 Å². The Kier molecular flexibility index (Phi) is 2.40. The average Bonchev–Trinajstić information content (AvgIpc) is 3.14. The van der Waals surface area contributed by atoms with Crippen LogP contribution in [0.3, 0.4) is 0 Å². The number of rotatable bonds is 6. The molecule has 0 aromatic carbocycles. The molecule has 2 aliphatic rings. The van der Waals surface area contributed by atoms with E-state index >= 15 is 0 Å². The lowest BCUT2D eigenvalue weighted by Gasteiger charge is -2.00. The predicted octanol–water partition coefficient (Wildman–Crippen LogP) is 0.977. The van der Waals surface area contributed by atoms with Gasteiger partial charge in [0.2, 0.25) is 0 Å². The molecule has 0 spiro atoms. The van der Waals surface area contributed by atoms with Gasteiger partial charge in [0.05, 0.1) is 13.2 Å². The molecule has 0 N–H and O–H groups in total. The van der Waals surface area contributed by atoms with Crippen molar-refractivity contribution in [1.82, 2.24) is 20.2 Å². The zero-order valence-corrected chi connectivity index (χ0v) is 8.80. The first-order valence-electron chi connectivity index (χ1n) is 5.77. The zero-order valence-electron chi connectivity index (χ0n) is 8.80. The maximum Gasteiger partial charge on any atom is 0.177 e. The highest BCUT2D eigenvalue weighted by atomic mass is 16.5. The number of hydrogen-bond acceptors (Lipinski definition) is 4. The molecule has 1 aromatic rings. The Morgan fingerprint density at radius 1 is 1.27 bits per heavy atom. The van der Waals surface area contributed by atoms with Gasteiger partial charge in [-0.1, -0.05) is 0 Å². The van der Waals surface area contributed by atoms with E-state index < -0.39 is 0 Å². The first kappa shape index (κ1) is 9.27. The molecule has 0 atom stereocenters. The fourth-order valence-corrected chi connectivity index (χ4v) is 1.54. The van der Waals surface area contributed by atoms with Crippen LogP contribution in [-0.4, -0.2) is 33.4 Å². The number of aromatic nitrogens is 4. The number of hydrogen-bond donors (Lipinski definition) is 0. The average molecular weight is 208 g/mol. The largest absolute Gasteiger partial charge is 0.379 e. The van der Waals surface area contributed by atoms with Gasteiger partial charge >= 0.3 is 0 Å². The van der Waals surface area contributed by atoms with Crippen LogP contribution in [0, 0.1) is 5.92 Å². The summed E-state index contributed by atoms with van der Waals surface area (Å²) < 4.78 is 5.52. The van der Waals surface area contributed by atoms with Crippen LogP contribution in [0.5, 0.6) is 0 Å². The third kappa shape index (κ3) is 2.53. The Hall–Kier alpha value is -0.970. The topological polar surface area (TPSA) is 52.8 Å². The second-order valence-corrected chi connectivity index (χ2v) is 4.54. The summed E-state index contributed by atoms with van der Waals surface area (Å²) in [6, 6.07) is 0. The van der Waals surface area contributed by atoms with E-state index in [1.165, 1.54) is 25.7 Å². The van der Waals surface area contributed by atoms with E-state index in [4.69, 9.17) is 4.74 Å². The normalized spacial score (nSPS) is 20.8. The van der Waals surface area contributed by atoms with Gasteiger partial charge in [-0.05, 0) is 36.8 Å². The molecule has 1 heterocycles. The summed E-state index contributed by atoms with van der Waals surface area (Å²) in [6.07, 6.45) is 5.13. The van der Waals surface area contributed by atoms with Crippen molar-refractivity contribution in [3.8, 4) is 0 Å². The first-order chi connectivity index (χ1) is 7.42. The molecule has 5 nitrogen and oxygen atoms in total. The lowest BCUT2D eigenvalue weighted by atomic mass is 10.4. The van der Waals surface area contributed by atoms with Gasteiger partial charge in [0.15, 0.2) is 5.82 Å². The Labute approximate surface area is 88.8 Å². The summed E-state index contributed by atoms with van der Waals surface area (Å²) in [6.45, 7) is 2.34. The molecule has 0 bridgehead atoms. The second-order valence-electron chi connectivity index (χ2n) is 4.54. The third-order valence-corrected chi connectivity index (χ3v) is 2.90. The third-order valence-electron chi connectivity index (χ3n) is 2.90. The number of nitrogens with zero attached hydrogens (tertiary/aromatic N) is 4. The molecule has 2 fully saturated rings. The lowest BCUT2D eigenvalue weighted by molar-refractivity contribution is 0.111. The summed E-state index contributed by atoms with van der Waals surface area (Å²) in [5.74, 6) is 2.33. The highest BCUT2D eigenvalue weighted by Crippen LogP contribution is 2.37. The molecule has 2 saturated carbocycles. The molecule has 5 heteroatoms. The molecule has 3 rings (SSSR count). The summed E-state index contributed by atoms with van der Waals surface area (Å²) in [4.78, 5) is 1.65.